The van der Waals surface area contributed by atoms with Gasteiger partial charge in [-0.3, -0.25) is 9.59 Å². The van der Waals surface area contributed by atoms with Crippen LogP contribution in [0.25, 0.3) is 0 Å². The Morgan fingerprint density at radius 1 is 1.00 bits per heavy atom. The van der Waals surface area contributed by atoms with Gasteiger partial charge in [-0.1, -0.05) is 0 Å². The average Bonchev–Trinajstić information content (AvgIpc) is 3.11. The van der Waals surface area contributed by atoms with Gasteiger partial charge in [0.2, 0.25) is 5.91 Å². The van der Waals surface area contributed by atoms with Gasteiger partial charge in [0.1, 0.15) is 0 Å². The minimum absolute atomic E-state index is 0.115. The van der Waals surface area contributed by atoms with Crippen molar-refractivity contribution >= 4 is 11.8 Å². The van der Waals surface area contributed by atoms with E-state index >= 15 is 0 Å². The highest BCUT2D eigenvalue weighted by Gasteiger charge is 2.35. The van der Waals surface area contributed by atoms with Crippen molar-refractivity contribution in [1.29, 1.82) is 0 Å². The van der Waals surface area contributed by atoms with Gasteiger partial charge in [-0.15, -0.1) is 0 Å². The van der Waals surface area contributed by atoms with Crippen LogP contribution in [-0.4, -0.2) is 54.2 Å². The summed E-state index contributed by atoms with van der Waals surface area (Å²) >= 11 is 0. The molecular weight excluding hydrogens is 218 g/mol. The Hall–Kier alpha value is -1.20. The first kappa shape index (κ1) is 11.3. The number of hydrogen-bond donors (Lipinski definition) is 0. The van der Waals surface area contributed by atoms with Gasteiger partial charge in [-0.05, 0) is 12.8 Å². The number of carbonyl (C=O) groups excluding carboxylic acids is 2. The molecule has 4 nitrogen and oxygen atoms in total. The molecule has 2 aliphatic rings. The molecule has 0 aromatic heterocycles. The van der Waals surface area contributed by atoms with Crippen LogP contribution in [0.5, 0.6) is 0 Å². The summed E-state index contributed by atoms with van der Waals surface area (Å²) in [5, 5.41) is 0. The van der Waals surface area contributed by atoms with Crippen molar-refractivity contribution < 1.29 is 18.4 Å². The van der Waals surface area contributed by atoms with Crippen LogP contribution < -0.4 is 0 Å². The van der Waals surface area contributed by atoms with Gasteiger partial charge in [0.25, 0.3) is 5.91 Å². The fraction of sp³-hybridized carbons (Fsp3) is 0.800. The molecule has 2 rings (SSSR count). The maximum Gasteiger partial charge on any atom is 0.315 e. The summed E-state index contributed by atoms with van der Waals surface area (Å²) < 4.78 is 24.3. The summed E-state index contributed by atoms with van der Waals surface area (Å²) in [4.78, 5) is 25.4. The quantitative estimate of drug-likeness (QED) is 0.688. The Kier molecular flexibility index (Phi) is 3.07. The van der Waals surface area contributed by atoms with Gasteiger partial charge in [-0.2, -0.15) is 8.78 Å². The molecule has 90 valence electrons. The normalized spacial score (nSPS) is 21.4. The molecule has 1 saturated heterocycles. The molecule has 0 radical (unpaired) electrons. The van der Waals surface area contributed by atoms with E-state index in [4.69, 9.17) is 0 Å². The fourth-order valence-electron chi connectivity index (χ4n) is 1.87. The molecule has 1 aliphatic carbocycles. The lowest BCUT2D eigenvalue weighted by Crippen LogP contribution is -2.52. The topological polar surface area (TPSA) is 40.6 Å². The number of amides is 2. The number of halogens is 2. The third kappa shape index (κ3) is 2.31. The number of hydrogen-bond acceptors (Lipinski definition) is 2. The van der Waals surface area contributed by atoms with Crippen LogP contribution in [-0.2, 0) is 9.59 Å². The zero-order chi connectivity index (χ0) is 11.7. The Morgan fingerprint density at radius 2 is 1.50 bits per heavy atom. The van der Waals surface area contributed by atoms with Crippen LogP contribution in [0.4, 0.5) is 8.78 Å². The van der Waals surface area contributed by atoms with Crippen molar-refractivity contribution in [2.75, 3.05) is 26.2 Å². The second-order valence-electron chi connectivity index (χ2n) is 4.23. The molecule has 0 atom stereocenters. The summed E-state index contributed by atoms with van der Waals surface area (Å²) in [5.74, 6) is -0.861. The Bertz CT molecular complexity index is 275. The van der Waals surface area contributed by atoms with Crippen molar-refractivity contribution in [3.05, 3.63) is 0 Å². The van der Waals surface area contributed by atoms with Gasteiger partial charge in [-0.25, -0.2) is 0 Å². The molecule has 2 amide bonds. The Balaban J connectivity index is 1.82. The molecule has 0 bridgehead atoms. The molecule has 6 heteroatoms. The number of alkyl halides is 2. The van der Waals surface area contributed by atoms with Crippen molar-refractivity contribution in [1.82, 2.24) is 9.80 Å². The van der Waals surface area contributed by atoms with E-state index in [9.17, 15) is 18.4 Å². The second-order valence-corrected chi connectivity index (χ2v) is 4.23. The number of carbonyl (C=O) groups is 2. The highest BCUT2D eigenvalue weighted by atomic mass is 19.3. The molecule has 1 saturated carbocycles. The van der Waals surface area contributed by atoms with Crippen LogP contribution in [0, 0.1) is 5.92 Å². The van der Waals surface area contributed by atoms with Crippen LogP contribution in [0.2, 0.25) is 0 Å². The summed E-state index contributed by atoms with van der Waals surface area (Å²) in [6, 6.07) is 0. The fourth-order valence-corrected chi connectivity index (χ4v) is 1.87. The van der Waals surface area contributed by atoms with Crippen molar-refractivity contribution in [3.63, 3.8) is 0 Å². The molecule has 0 N–H and O–H groups in total. The van der Waals surface area contributed by atoms with Gasteiger partial charge in [0, 0.05) is 32.1 Å². The van der Waals surface area contributed by atoms with Crippen LogP contribution in [0.15, 0.2) is 0 Å². The minimum atomic E-state index is -2.94. The number of piperazine rings is 1. The smallest absolute Gasteiger partial charge is 0.315 e. The molecule has 1 aliphatic heterocycles. The molecule has 0 aromatic carbocycles. The molecule has 2 fully saturated rings. The zero-order valence-corrected chi connectivity index (χ0v) is 8.86. The zero-order valence-electron chi connectivity index (χ0n) is 8.86. The van der Waals surface area contributed by atoms with E-state index in [2.05, 4.69) is 0 Å². The maximum absolute atomic E-state index is 12.1. The summed E-state index contributed by atoms with van der Waals surface area (Å²) in [6.07, 6.45) is -1.06. The molecule has 1 heterocycles. The summed E-state index contributed by atoms with van der Waals surface area (Å²) in [5.41, 5.74) is 0. The molecular formula is C10H14F2N2O2. The summed E-state index contributed by atoms with van der Waals surface area (Å²) in [7, 11) is 0. The SMILES string of the molecule is O=C(C(F)F)N1CCN(C(=O)C2CC2)CC1. The van der Waals surface area contributed by atoms with E-state index in [0.717, 1.165) is 17.7 Å². The van der Waals surface area contributed by atoms with Crippen molar-refractivity contribution in [3.8, 4) is 0 Å². The highest BCUT2D eigenvalue weighted by molar-refractivity contribution is 5.82. The predicted octanol–water partition coefficient (Wildman–Crippen LogP) is 0.332. The third-order valence-corrected chi connectivity index (χ3v) is 3.02. The van der Waals surface area contributed by atoms with Crippen molar-refractivity contribution in [2.45, 2.75) is 19.3 Å². The highest BCUT2D eigenvalue weighted by Crippen LogP contribution is 2.31. The van der Waals surface area contributed by atoms with E-state index in [0.29, 0.717) is 13.1 Å². The predicted molar refractivity (Wildman–Crippen MR) is 51.9 cm³/mol. The lowest BCUT2D eigenvalue weighted by molar-refractivity contribution is -0.147. The van der Waals surface area contributed by atoms with Gasteiger partial charge >= 0.3 is 6.43 Å². The van der Waals surface area contributed by atoms with Gasteiger partial charge in [0.15, 0.2) is 0 Å². The second kappa shape index (κ2) is 4.35. The van der Waals surface area contributed by atoms with Gasteiger partial charge < -0.3 is 9.80 Å². The largest absolute Gasteiger partial charge is 0.339 e. The van der Waals surface area contributed by atoms with Crippen LogP contribution in [0.1, 0.15) is 12.8 Å². The lowest BCUT2D eigenvalue weighted by atomic mass is 10.2. The van der Waals surface area contributed by atoms with E-state index in [1.54, 1.807) is 4.90 Å². The number of nitrogens with zero attached hydrogens (tertiary/aromatic N) is 2. The first-order valence-corrected chi connectivity index (χ1v) is 5.45. The average molecular weight is 232 g/mol. The van der Waals surface area contributed by atoms with E-state index < -0.39 is 12.3 Å². The lowest BCUT2D eigenvalue weighted by Gasteiger charge is -2.34. The van der Waals surface area contributed by atoms with Gasteiger partial charge in [0.05, 0.1) is 0 Å². The number of rotatable bonds is 2. The Morgan fingerprint density at radius 3 is 1.94 bits per heavy atom. The van der Waals surface area contributed by atoms with E-state index in [1.165, 1.54) is 0 Å². The molecule has 0 spiro atoms. The van der Waals surface area contributed by atoms with Crippen LogP contribution in [0.3, 0.4) is 0 Å². The van der Waals surface area contributed by atoms with E-state index in [1.807, 2.05) is 0 Å². The Labute approximate surface area is 92.2 Å². The third-order valence-electron chi connectivity index (χ3n) is 3.02. The first-order valence-electron chi connectivity index (χ1n) is 5.45. The summed E-state index contributed by atoms with van der Waals surface area (Å²) in [6.45, 7) is 1.21. The monoisotopic (exact) mass is 232 g/mol. The van der Waals surface area contributed by atoms with E-state index in [-0.39, 0.29) is 24.9 Å². The minimum Gasteiger partial charge on any atom is -0.339 e. The van der Waals surface area contributed by atoms with Crippen LogP contribution >= 0.6 is 0 Å². The molecule has 0 unspecified atom stereocenters. The standard InChI is InChI=1S/C10H14F2N2O2/c11-8(12)10(16)14-5-3-13(4-6-14)9(15)7-1-2-7/h7-8H,1-6H2. The molecule has 0 aromatic rings. The molecule has 16 heavy (non-hydrogen) atoms. The first-order chi connectivity index (χ1) is 7.59. The maximum atomic E-state index is 12.1. The van der Waals surface area contributed by atoms with Crippen molar-refractivity contribution in [2.24, 2.45) is 5.92 Å².